The molecule has 0 radical (unpaired) electrons. The first kappa shape index (κ1) is 33.7. The van der Waals surface area contributed by atoms with E-state index in [0.29, 0.717) is 0 Å². The number of hydrogen-bond acceptors (Lipinski definition) is 9. The lowest BCUT2D eigenvalue weighted by Gasteiger charge is -2.50. The monoisotopic (exact) mass is 688 g/mol. The molecule has 0 bridgehead atoms. The molecule has 5 fully saturated rings. The standard InChI is InChI=1S/C34H57N7O2P3/c1-30-14-16-31(17-15-30)34(2,3)32-18-20-33(21-19-32)43-44(38-22-6-7-23-38)35-45(39-24-8-9-25-39,40-26-10-11-27-40)37(4)46(36-44,42-5)41-28-12-13-29-41/h14-21,35-36H,6-13,22-29H2,1-5H3/q+3. The molecule has 5 aliphatic heterocycles. The molecule has 2 aromatic carbocycles. The van der Waals surface area contributed by atoms with Crippen molar-refractivity contribution in [2.45, 2.75) is 77.6 Å². The second-order valence-electron chi connectivity index (χ2n) is 14.3. The lowest BCUT2D eigenvalue weighted by atomic mass is 9.78. The molecular weight excluding hydrogens is 631 g/mol. The lowest BCUT2D eigenvalue weighted by molar-refractivity contribution is 0.309. The van der Waals surface area contributed by atoms with E-state index >= 15 is 0 Å². The van der Waals surface area contributed by atoms with Crippen LogP contribution in [0.15, 0.2) is 48.5 Å². The summed E-state index contributed by atoms with van der Waals surface area (Å²) in [6, 6.07) is 18.0. The Kier molecular flexibility index (Phi) is 9.88. The molecule has 5 saturated heterocycles. The molecule has 2 atom stereocenters. The second kappa shape index (κ2) is 13.5. The van der Waals surface area contributed by atoms with E-state index in [-0.39, 0.29) is 5.41 Å². The van der Waals surface area contributed by atoms with Crippen molar-refractivity contribution in [3.63, 3.8) is 0 Å². The maximum absolute atomic E-state index is 7.54. The van der Waals surface area contributed by atoms with Gasteiger partial charge in [0, 0.05) is 57.8 Å². The zero-order chi connectivity index (χ0) is 32.0. The molecule has 46 heavy (non-hydrogen) atoms. The van der Waals surface area contributed by atoms with E-state index in [9.17, 15) is 0 Å². The minimum atomic E-state index is -2.59. The van der Waals surface area contributed by atoms with Gasteiger partial charge in [-0.3, -0.25) is 4.52 Å². The van der Waals surface area contributed by atoms with E-state index in [4.69, 9.17) is 9.05 Å². The summed E-state index contributed by atoms with van der Waals surface area (Å²) in [6.07, 6.45) is 9.89. The predicted molar refractivity (Wildman–Crippen MR) is 195 cm³/mol. The van der Waals surface area contributed by atoms with Crippen LogP contribution in [0.4, 0.5) is 0 Å². The summed E-state index contributed by atoms with van der Waals surface area (Å²) in [7, 11) is -2.89. The summed E-state index contributed by atoms with van der Waals surface area (Å²) in [5, 5.41) is 0. The van der Waals surface area contributed by atoms with Crippen LogP contribution < -0.4 is 14.2 Å². The van der Waals surface area contributed by atoms with Gasteiger partial charge >= 0.3 is 23.7 Å². The molecule has 2 unspecified atom stereocenters. The van der Waals surface area contributed by atoms with Crippen molar-refractivity contribution in [2.75, 3.05) is 66.5 Å². The van der Waals surface area contributed by atoms with E-state index in [1.54, 1.807) is 0 Å². The minimum Gasteiger partial charge on any atom is -0.285 e. The molecule has 0 aromatic heterocycles. The minimum absolute atomic E-state index is 0.100. The Morgan fingerprint density at radius 2 is 1.04 bits per heavy atom. The van der Waals surface area contributed by atoms with Crippen LogP contribution in [0.1, 0.15) is 81.9 Å². The number of rotatable bonds is 9. The Hall–Kier alpha value is -0.790. The highest BCUT2D eigenvalue weighted by atomic mass is 31.3. The van der Waals surface area contributed by atoms with Crippen LogP contribution in [0.3, 0.4) is 0 Å². The summed E-state index contributed by atoms with van der Waals surface area (Å²) in [5.74, 6) is 0.935. The quantitative estimate of drug-likeness (QED) is 0.256. The van der Waals surface area contributed by atoms with Gasteiger partial charge in [0.2, 0.25) is 0 Å². The van der Waals surface area contributed by atoms with Gasteiger partial charge in [0.25, 0.3) is 0 Å². The third-order valence-corrected chi connectivity index (χ3v) is 24.2. The average Bonchev–Trinajstić information content (AvgIpc) is 3.90. The molecule has 0 spiro atoms. The van der Waals surface area contributed by atoms with E-state index < -0.39 is 23.7 Å². The second-order valence-corrected chi connectivity index (χ2v) is 23.6. The fourth-order valence-corrected chi connectivity index (χ4v) is 25.0. The highest BCUT2D eigenvalue weighted by molar-refractivity contribution is 7.95. The van der Waals surface area contributed by atoms with Crippen molar-refractivity contribution >= 4 is 23.7 Å². The van der Waals surface area contributed by atoms with Gasteiger partial charge in [-0.2, -0.15) is 4.52 Å². The van der Waals surface area contributed by atoms with E-state index in [1.807, 2.05) is 7.11 Å². The molecule has 0 aliphatic carbocycles. The number of benzene rings is 2. The highest BCUT2D eigenvalue weighted by Gasteiger charge is 2.86. The van der Waals surface area contributed by atoms with Crippen molar-refractivity contribution in [3.05, 3.63) is 65.2 Å². The van der Waals surface area contributed by atoms with Crippen LogP contribution in [0.25, 0.3) is 0 Å². The molecule has 252 valence electrons. The first-order chi connectivity index (χ1) is 22.2. The predicted octanol–water partition coefficient (Wildman–Crippen LogP) is 7.89. The molecule has 5 aliphatic rings. The largest absolute Gasteiger partial charge is 0.485 e. The summed E-state index contributed by atoms with van der Waals surface area (Å²) in [5.41, 5.74) is 3.82. The Morgan fingerprint density at radius 3 is 1.52 bits per heavy atom. The van der Waals surface area contributed by atoms with E-state index in [0.717, 1.165) is 58.1 Å². The molecule has 5 heterocycles. The van der Waals surface area contributed by atoms with E-state index in [2.05, 4.69) is 109 Å². The Bertz CT molecular complexity index is 1310. The highest BCUT2D eigenvalue weighted by Crippen LogP contribution is 2.90. The van der Waals surface area contributed by atoms with Crippen molar-refractivity contribution in [3.8, 4) is 5.75 Å². The van der Waals surface area contributed by atoms with Crippen LogP contribution in [0.2, 0.25) is 0 Å². The maximum atomic E-state index is 7.54. The van der Waals surface area contributed by atoms with Crippen LogP contribution >= 0.6 is 23.7 Å². The summed E-state index contributed by atoms with van der Waals surface area (Å²) < 4.78 is 28.2. The summed E-state index contributed by atoms with van der Waals surface area (Å²) >= 11 is 0. The first-order valence-electron chi connectivity index (χ1n) is 17.7. The number of hydrogen-bond donors (Lipinski definition) is 2. The van der Waals surface area contributed by atoms with Crippen molar-refractivity contribution in [2.24, 2.45) is 0 Å². The maximum Gasteiger partial charge on any atom is 0.485 e. The van der Waals surface area contributed by atoms with Crippen molar-refractivity contribution in [1.82, 2.24) is 32.8 Å². The number of aryl methyl sites for hydroxylation is 1. The van der Waals surface area contributed by atoms with Crippen LogP contribution in [0.5, 0.6) is 5.75 Å². The van der Waals surface area contributed by atoms with Gasteiger partial charge in [-0.1, -0.05) is 55.8 Å². The Labute approximate surface area is 280 Å². The van der Waals surface area contributed by atoms with Gasteiger partial charge in [-0.05, 0) is 81.5 Å². The zero-order valence-corrected chi connectivity index (χ0v) is 31.5. The van der Waals surface area contributed by atoms with Gasteiger partial charge in [-0.15, -0.1) is 18.7 Å². The average molecular weight is 689 g/mol. The zero-order valence-electron chi connectivity index (χ0n) is 28.8. The van der Waals surface area contributed by atoms with Gasteiger partial charge in [0.1, 0.15) is 0 Å². The third kappa shape index (κ3) is 5.80. The molecular formula is C34H57N7O2P3+3. The molecule has 7 rings (SSSR count). The molecule has 12 heteroatoms. The normalized spacial score (nSPS) is 30.5. The fourth-order valence-electron chi connectivity index (χ4n) is 8.23. The van der Waals surface area contributed by atoms with Crippen LogP contribution in [-0.4, -0.2) is 89.6 Å². The summed E-state index contributed by atoms with van der Waals surface area (Å²) in [6.45, 7) is 15.6. The first-order valence-corrected chi connectivity index (χ1v) is 22.6. The van der Waals surface area contributed by atoms with Crippen molar-refractivity contribution in [1.29, 1.82) is 0 Å². The van der Waals surface area contributed by atoms with Gasteiger partial charge in [0.15, 0.2) is 5.75 Å². The number of nitrogens with one attached hydrogen (secondary N) is 2. The molecule has 0 amide bonds. The topological polar surface area (TPSA) is 58.7 Å². The molecule has 2 N–H and O–H groups in total. The van der Waals surface area contributed by atoms with Crippen LogP contribution in [0, 0.1) is 6.92 Å². The van der Waals surface area contributed by atoms with Gasteiger partial charge < -0.3 is 0 Å². The molecule has 9 nitrogen and oxygen atoms in total. The van der Waals surface area contributed by atoms with Gasteiger partial charge in [-0.25, -0.2) is 0 Å². The van der Waals surface area contributed by atoms with Crippen LogP contribution in [-0.2, 0) is 9.94 Å². The molecule has 2 aromatic rings. The van der Waals surface area contributed by atoms with Gasteiger partial charge in [0.05, 0.1) is 28.3 Å². The van der Waals surface area contributed by atoms with E-state index in [1.165, 1.54) is 68.1 Å². The Balaban J connectivity index is 1.32. The molecule has 0 saturated carbocycles. The smallest absolute Gasteiger partial charge is 0.285 e. The third-order valence-electron chi connectivity index (χ3n) is 11.1. The Morgan fingerprint density at radius 1 is 0.609 bits per heavy atom. The van der Waals surface area contributed by atoms with Crippen molar-refractivity contribution < 1.29 is 9.05 Å². The fraction of sp³-hybridized carbons (Fsp3) is 0.647. The lowest BCUT2D eigenvalue weighted by Crippen LogP contribution is -2.60. The SMILES string of the molecule is CO[P+]1(N2CCCC2)N[P+](Oc2ccc(C(C)(C)c3ccc(C)cc3)cc2)(N2CCCC2)N[P+](N2CCCC2)(N2CCCC2)N1C. The summed E-state index contributed by atoms with van der Waals surface area (Å²) in [4.78, 5) is 8.82. The number of nitrogens with zero attached hydrogens (tertiary/aromatic N) is 5.